The van der Waals surface area contributed by atoms with Gasteiger partial charge in [0.05, 0.1) is 18.1 Å². The molecule has 3 aromatic heterocycles. The molecule has 37 heavy (non-hydrogen) atoms. The van der Waals surface area contributed by atoms with Crippen LogP contribution in [0.5, 0.6) is 5.75 Å². The van der Waals surface area contributed by atoms with Crippen molar-refractivity contribution in [2.24, 2.45) is 5.92 Å². The maximum Gasteiger partial charge on any atom is 0.243 e. The monoisotopic (exact) mass is 531 g/mol. The molecule has 2 N–H and O–H groups in total. The predicted molar refractivity (Wildman–Crippen MR) is 141 cm³/mol. The third-order valence-corrected chi connectivity index (χ3v) is 9.05. The zero-order valence-electron chi connectivity index (χ0n) is 21.8. The van der Waals surface area contributed by atoms with Crippen molar-refractivity contribution in [1.82, 2.24) is 39.0 Å². The smallest absolute Gasteiger partial charge is 0.243 e. The lowest BCUT2D eigenvalue weighted by atomic mass is 9.95. The topological polar surface area (TPSA) is 134 Å². The lowest BCUT2D eigenvalue weighted by Crippen LogP contribution is -2.48. The predicted octanol–water partition coefficient (Wildman–Crippen LogP) is 2.24. The number of hydrogen-bond donors (Lipinski definition) is 2. The Hall–Kier alpha value is -2.77. The van der Waals surface area contributed by atoms with Crippen molar-refractivity contribution >= 4 is 21.6 Å². The van der Waals surface area contributed by atoms with Gasteiger partial charge in [0.15, 0.2) is 5.75 Å². The molecular weight excluding hydrogens is 494 g/mol. The van der Waals surface area contributed by atoms with E-state index in [0.717, 1.165) is 25.2 Å². The molecule has 0 radical (unpaired) electrons. The highest BCUT2D eigenvalue weighted by Crippen LogP contribution is 2.32. The first-order chi connectivity index (χ1) is 17.8. The van der Waals surface area contributed by atoms with E-state index in [4.69, 9.17) is 9.72 Å². The molecule has 2 saturated heterocycles. The first-order valence-electron chi connectivity index (χ1n) is 13.2. The molecule has 5 rings (SSSR count). The molecule has 0 aliphatic carbocycles. The molecule has 0 unspecified atom stereocenters. The molecule has 0 aromatic carbocycles. The fourth-order valence-electron chi connectivity index (χ4n) is 5.17. The molecule has 2 atom stereocenters. The number of rotatable bonds is 10. The fourth-order valence-corrected chi connectivity index (χ4v) is 6.77. The van der Waals surface area contributed by atoms with E-state index in [1.165, 1.54) is 12.8 Å². The number of aromatic nitrogens is 6. The molecule has 2 fully saturated rings. The molecule has 5 heterocycles. The van der Waals surface area contributed by atoms with Crippen molar-refractivity contribution in [3.63, 3.8) is 0 Å². The first-order valence-corrected chi connectivity index (χ1v) is 14.8. The fraction of sp³-hybridized carbons (Fsp3) is 0.667. The number of sulfonamides is 1. The van der Waals surface area contributed by atoms with Crippen molar-refractivity contribution in [2.75, 3.05) is 43.8 Å². The summed E-state index contributed by atoms with van der Waals surface area (Å²) in [4.78, 5) is 11.6. The minimum absolute atomic E-state index is 0.0595. The van der Waals surface area contributed by atoms with E-state index in [-0.39, 0.29) is 23.8 Å². The minimum atomic E-state index is -3.26. The number of likely N-dealkylation sites (tertiary alicyclic amines) is 1. The average molecular weight is 532 g/mol. The maximum absolute atomic E-state index is 13.0. The van der Waals surface area contributed by atoms with Crippen molar-refractivity contribution < 1.29 is 13.2 Å². The summed E-state index contributed by atoms with van der Waals surface area (Å²) in [6, 6.07) is 0.0595. The van der Waals surface area contributed by atoms with Crippen LogP contribution in [0.15, 0.2) is 18.7 Å². The van der Waals surface area contributed by atoms with Crippen LogP contribution >= 0.6 is 0 Å². The molecule has 3 aromatic rings. The molecule has 2 aliphatic heterocycles. The third kappa shape index (κ3) is 5.88. The van der Waals surface area contributed by atoms with Crippen molar-refractivity contribution in [3.05, 3.63) is 18.7 Å². The number of hydrogen-bond acceptors (Lipinski definition) is 9. The Kier molecular flexibility index (Phi) is 7.63. The van der Waals surface area contributed by atoms with Gasteiger partial charge in [-0.1, -0.05) is 6.92 Å². The van der Waals surface area contributed by atoms with Crippen LogP contribution in [-0.2, 0) is 10.0 Å². The van der Waals surface area contributed by atoms with Crippen LogP contribution in [0.3, 0.4) is 0 Å². The quantitative estimate of drug-likeness (QED) is 0.404. The number of ether oxygens (including phenoxy) is 1. The molecule has 2 aliphatic rings. The van der Waals surface area contributed by atoms with E-state index >= 15 is 0 Å². The van der Waals surface area contributed by atoms with Crippen LogP contribution in [0.2, 0.25) is 0 Å². The number of fused-ring (bicyclic) bond motifs is 1. The van der Waals surface area contributed by atoms with Gasteiger partial charge in [0.1, 0.15) is 12.0 Å². The zero-order valence-corrected chi connectivity index (χ0v) is 22.6. The summed E-state index contributed by atoms with van der Waals surface area (Å²) < 4.78 is 35.3. The molecule has 0 saturated carbocycles. The lowest BCUT2D eigenvalue weighted by molar-refractivity contribution is 0.244. The Morgan fingerprint density at radius 3 is 2.76 bits per heavy atom. The highest BCUT2D eigenvalue weighted by atomic mass is 32.2. The minimum Gasteiger partial charge on any atom is -0.485 e. The second kappa shape index (κ2) is 10.9. The summed E-state index contributed by atoms with van der Waals surface area (Å²) in [6.07, 6.45) is 8.82. The summed E-state index contributed by atoms with van der Waals surface area (Å²) in [6.45, 7) is 10.0. The van der Waals surface area contributed by atoms with Gasteiger partial charge in [-0.2, -0.15) is 14.6 Å². The van der Waals surface area contributed by atoms with E-state index in [9.17, 15) is 8.42 Å². The first kappa shape index (κ1) is 25.9. The maximum atomic E-state index is 13.0. The average Bonchev–Trinajstić information content (AvgIpc) is 3.62. The standard InChI is InChI=1S/C24H37N9O3S/c1-17(2)36-22-21(19-13-26-27-14-19)25-16-33-23(22)29-24(30-33)28-20-7-11-32(15-18(20)3)37(34,35)12-6-10-31-8-4-5-9-31/h13-14,16-18,20H,4-12,15H2,1-3H3,(H,26,27)(H,28,30)/t18-,20+/m1/s1. The van der Waals surface area contributed by atoms with Crippen LogP contribution in [-0.4, -0.2) is 98.0 Å². The zero-order chi connectivity index (χ0) is 26.0. The van der Waals surface area contributed by atoms with Gasteiger partial charge in [0, 0.05) is 30.9 Å². The van der Waals surface area contributed by atoms with Crippen molar-refractivity contribution in [3.8, 4) is 17.0 Å². The summed E-state index contributed by atoms with van der Waals surface area (Å²) in [7, 11) is -3.26. The van der Waals surface area contributed by atoms with Gasteiger partial charge in [0.25, 0.3) is 0 Å². The molecule has 0 spiro atoms. The highest BCUT2D eigenvalue weighted by molar-refractivity contribution is 7.89. The second-order valence-electron chi connectivity index (χ2n) is 10.4. The Morgan fingerprint density at radius 2 is 2.05 bits per heavy atom. The van der Waals surface area contributed by atoms with Gasteiger partial charge in [-0.05, 0) is 65.1 Å². The summed E-state index contributed by atoms with van der Waals surface area (Å²) >= 11 is 0. The van der Waals surface area contributed by atoms with E-state index in [1.54, 1.807) is 27.5 Å². The number of nitrogens with one attached hydrogen (secondary N) is 2. The molecular formula is C24H37N9O3S. The lowest BCUT2D eigenvalue weighted by Gasteiger charge is -2.36. The Bertz CT molecular complexity index is 1290. The van der Waals surface area contributed by atoms with Crippen LogP contribution in [0.4, 0.5) is 5.95 Å². The second-order valence-corrected chi connectivity index (χ2v) is 12.5. The Morgan fingerprint density at radius 1 is 1.24 bits per heavy atom. The van der Waals surface area contributed by atoms with E-state index < -0.39 is 10.0 Å². The van der Waals surface area contributed by atoms with Crippen LogP contribution < -0.4 is 10.1 Å². The van der Waals surface area contributed by atoms with Gasteiger partial charge in [-0.3, -0.25) is 5.10 Å². The molecule has 202 valence electrons. The molecule has 0 amide bonds. The summed E-state index contributed by atoms with van der Waals surface area (Å²) in [5.74, 6) is 1.34. The number of anilines is 1. The van der Waals surface area contributed by atoms with E-state index in [0.29, 0.717) is 49.0 Å². The number of aromatic amines is 1. The van der Waals surface area contributed by atoms with E-state index in [2.05, 4.69) is 37.4 Å². The largest absolute Gasteiger partial charge is 0.485 e. The number of H-pyrrole nitrogens is 1. The summed E-state index contributed by atoms with van der Waals surface area (Å²) in [5.41, 5.74) is 2.01. The SMILES string of the molecule is CC(C)Oc1c(-c2cn[nH]c2)ncn2nc(N[C@H]3CCN(S(=O)(=O)CCCN4CCCC4)C[C@H]3C)nc12. The molecule has 12 nitrogen and oxygen atoms in total. The number of nitrogens with zero attached hydrogens (tertiary/aromatic N) is 7. The third-order valence-electron chi connectivity index (χ3n) is 7.12. The van der Waals surface area contributed by atoms with Gasteiger partial charge in [0.2, 0.25) is 21.6 Å². The van der Waals surface area contributed by atoms with E-state index in [1.807, 2.05) is 13.8 Å². The van der Waals surface area contributed by atoms with Crippen LogP contribution in [0.1, 0.15) is 46.5 Å². The van der Waals surface area contributed by atoms with Gasteiger partial charge in [-0.15, -0.1) is 5.10 Å². The van der Waals surface area contributed by atoms with Crippen LogP contribution in [0, 0.1) is 5.92 Å². The summed E-state index contributed by atoms with van der Waals surface area (Å²) in [5, 5.41) is 14.8. The van der Waals surface area contributed by atoms with Crippen molar-refractivity contribution in [2.45, 2.75) is 58.6 Å². The molecule has 13 heteroatoms. The number of piperidine rings is 1. The van der Waals surface area contributed by atoms with Crippen molar-refractivity contribution in [1.29, 1.82) is 0 Å². The Labute approximate surface area is 217 Å². The highest BCUT2D eigenvalue weighted by Gasteiger charge is 2.33. The van der Waals surface area contributed by atoms with Gasteiger partial charge >= 0.3 is 0 Å². The van der Waals surface area contributed by atoms with Gasteiger partial charge in [-0.25, -0.2) is 17.7 Å². The Balaban J connectivity index is 1.25. The normalized spacial score (nSPS) is 21.7. The van der Waals surface area contributed by atoms with Crippen LogP contribution in [0.25, 0.3) is 16.9 Å². The van der Waals surface area contributed by atoms with Gasteiger partial charge < -0.3 is 15.0 Å². The molecule has 0 bridgehead atoms.